The van der Waals surface area contributed by atoms with E-state index < -0.39 is 79.8 Å². The topological polar surface area (TPSA) is 301 Å². The van der Waals surface area contributed by atoms with Crippen LogP contribution < -0.4 is 16.8 Å². The number of aromatic hydroxyl groups is 3. The largest absolute Gasteiger partial charge is 0.504 e. The summed E-state index contributed by atoms with van der Waals surface area (Å²) in [6.45, 7) is 0. The molecule has 29 heavy (non-hydrogen) atoms. The fourth-order valence-electron chi connectivity index (χ4n) is 3.16. The highest BCUT2D eigenvalue weighted by molar-refractivity contribution is 6.12. The lowest BCUT2D eigenvalue weighted by molar-refractivity contribution is -0.376. The van der Waals surface area contributed by atoms with Gasteiger partial charge in [-0.25, -0.2) is 4.90 Å². The summed E-state index contributed by atoms with van der Waals surface area (Å²) in [5.41, 5.74) is -1.48. The Hall–Kier alpha value is -3.25. The second-order valence-electron chi connectivity index (χ2n) is 6.38. The number of nitrogen functional groups attached to an aromatic ring is 1. The Balaban J connectivity index is 2.37. The number of piperidine rings is 1. The van der Waals surface area contributed by atoms with Crippen LogP contribution in [0.4, 0.5) is 5.69 Å². The lowest BCUT2D eigenvalue weighted by Crippen LogP contribution is -2.90. The Bertz CT molecular complexity index is 1000. The van der Waals surface area contributed by atoms with E-state index in [1.807, 2.05) is 0 Å². The van der Waals surface area contributed by atoms with Crippen LogP contribution in [0, 0.1) is 0 Å². The number of aliphatic hydroxyl groups is 6. The first-order chi connectivity index (χ1) is 13.0. The summed E-state index contributed by atoms with van der Waals surface area (Å²) in [6.07, 6.45) is 0. The second kappa shape index (κ2) is 5.21. The predicted octanol–water partition coefficient (Wildman–Crippen LogP) is -6.39. The molecule has 3 amide bonds. The number of carbonyl (C=O) groups is 3. The third-order valence-corrected chi connectivity index (χ3v) is 4.77. The van der Waals surface area contributed by atoms with E-state index in [0.29, 0.717) is 0 Å². The van der Waals surface area contributed by atoms with E-state index in [-0.39, 0.29) is 0 Å². The third kappa shape index (κ3) is 1.96. The van der Waals surface area contributed by atoms with Crippen molar-refractivity contribution in [2.75, 3.05) is 5.73 Å². The minimum absolute atomic E-state index is 0.747. The molecule has 0 bridgehead atoms. The first-order valence-corrected chi connectivity index (χ1v) is 7.37. The lowest BCUT2D eigenvalue weighted by Gasteiger charge is -2.52. The number of nitrogens with two attached hydrogens (primary N) is 2. The molecule has 1 aromatic carbocycles. The Morgan fingerprint density at radius 3 is 1.86 bits per heavy atom. The number of carbonyl (C=O) groups excluding carboxylic acids is 3. The fourth-order valence-corrected chi connectivity index (χ4v) is 3.16. The van der Waals surface area contributed by atoms with Gasteiger partial charge in [-0.3, -0.25) is 25.4 Å². The SMILES string of the molecule is Nc1c(O)c(O)c(O)c2c1C(O)(O)N(C1(O)C(=O)NC(=O)C(O)(O)C1(N)O)C2=O. The third-order valence-electron chi connectivity index (χ3n) is 4.77. The zero-order valence-corrected chi connectivity index (χ0v) is 13.9. The molecule has 0 radical (unpaired) electrons. The Morgan fingerprint density at radius 1 is 0.828 bits per heavy atom. The van der Waals surface area contributed by atoms with Gasteiger partial charge >= 0.3 is 0 Å². The number of nitrogens with one attached hydrogen (secondary N) is 1. The summed E-state index contributed by atoms with van der Waals surface area (Å²) in [4.78, 5) is 35.8. The zero-order valence-electron chi connectivity index (χ0n) is 13.9. The van der Waals surface area contributed by atoms with Crippen LogP contribution in [0.5, 0.6) is 17.2 Å². The van der Waals surface area contributed by atoms with Gasteiger partial charge in [0.05, 0.1) is 16.8 Å². The van der Waals surface area contributed by atoms with Gasteiger partial charge in [-0.2, -0.15) is 0 Å². The highest BCUT2D eigenvalue weighted by Crippen LogP contribution is 2.55. The molecule has 16 nitrogen and oxygen atoms in total. The van der Waals surface area contributed by atoms with Gasteiger partial charge in [0, 0.05) is 0 Å². The van der Waals surface area contributed by atoms with Crippen LogP contribution in [0.2, 0.25) is 0 Å². The monoisotopic (exact) mass is 418 g/mol. The molecule has 0 spiro atoms. The van der Waals surface area contributed by atoms with Crippen molar-refractivity contribution in [3.05, 3.63) is 11.1 Å². The van der Waals surface area contributed by atoms with Crippen molar-refractivity contribution in [3.8, 4) is 17.2 Å². The first kappa shape index (κ1) is 20.5. The number of phenolic OH excluding ortho intramolecular Hbond substituents is 3. The molecular formula is C13H14N4O12. The maximum atomic E-state index is 12.7. The van der Waals surface area contributed by atoms with Gasteiger partial charge in [0.15, 0.2) is 11.5 Å². The average Bonchev–Trinajstić information content (AvgIpc) is 2.81. The second-order valence-corrected chi connectivity index (χ2v) is 6.38. The van der Waals surface area contributed by atoms with E-state index in [1.165, 1.54) is 0 Å². The van der Waals surface area contributed by atoms with Crippen LogP contribution in [0.25, 0.3) is 0 Å². The molecule has 1 aromatic rings. The van der Waals surface area contributed by atoms with E-state index in [0.717, 1.165) is 5.32 Å². The van der Waals surface area contributed by atoms with Gasteiger partial charge in [-0.1, -0.05) is 0 Å². The van der Waals surface area contributed by atoms with Crippen LogP contribution in [0.3, 0.4) is 0 Å². The van der Waals surface area contributed by atoms with E-state index in [4.69, 9.17) is 11.5 Å². The molecule has 3 rings (SSSR count). The minimum atomic E-state index is -4.20. The normalized spacial score (nSPS) is 30.3. The molecule has 1 fully saturated rings. The molecule has 0 aromatic heterocycles. The molecular weight excluding hydrogens is 404 g/mol. The summed E-state index contributed by atoms with van der Waals surface area (Å²) < 4.78 is 0. The quantitative estimate of drug-likeness (QED) is 0.0663. The van der Waals surface area contributed by atoms with Gasteiger partial charge in [0.2, 0.25) is 11.5 Å². The summed E-state index contributed by atoms with van der Waals surface area (Å²) in [5.74, 6) is -18.5. The standard InChI is InChI=1S/C13H14N4O12/c14-3-2-1(4(18)6(20)5(3)19)7(21)17(12(2,27)28)10(24)8(22)16-9(23)11(25,26)13(10,15)29/h18-20,24-29H,14-15H2,(H,16,22,23). The number of phenols is 3. The van der Waals surface area contributed by atoms with E-state index in [1.54, 1.807) is 0 Å². The first-order valence-electron chi connectivity index (χ1n) is 7.37. The van der Waals surface area contributed by atoms with Crippen LogP contribution in [0.1, 0.15) is 15.9 Å². The van der Waals surface area contributed by atoms with Gasteiger partial charge in [-0.15, -0.1) is 0 Å². The van der Waals surface area contributed by atoms with Crippen LogP contribution in [-0.4, -0.2) is 85.8 Å². The highest BCUT2D eigenvalue weighted by atomic mass is 16.6. The fraction of sp³-hybridized carbons (Fsp3) is 0.308. The number of hydrogen-bond acceptors (Lipinski definition) is 14. The van der Waals surface area contributed by atoms with Crippen molar-refractivity contribution >= 4 is 23.4 Å². The predicted molar refractivity (Wildman–Crippen MR) is 82.5 cm³/mol. The molecule has 0 aliphatic carbocycles. The maximum absolute atomic E-state index is 12.7. The lowest BCUT2D eigenvalue weighted by atomic mass is 9.84. The molecule has 2 aliphatic heterocycles. The Morgan fingerprint density at radius 2 is 1.34 bits per heavy atom. The molecule has 158 valence electrons. The zero-order chi connectivity index (χ0) is 22.5. The van der Waals surface area contributed by atoms with Crippen LogP contribution in [0.15, 0.2) is 0 Å². The number of anilines is 1. The maximum Gasteiger partial charge on any atom is 0.294 e. The summed E-state index contributed by atoms with van der Waals surface area (Å²) in [7, 11) is 0. The van der Waals surface area contributed by atoms with E-state index >= 15 is 0 Å². The number of rotatable bonds is 1. The average molecular weight is 418 g/mol. The van der Waals surface area contributed by atoms with Gasteiger partial charge in [-0.05, 0) is 0 Å². The summed E-state index contributed by atoms with van der Waals surface area (Å²) in [6, 6.07) is 0. The van der Waals surface area contributed by atoms with Crippen molar-refractivity contribution in [2.24, 2.45) is 5.73 Å². The Kier molecular flexibility index (Phi) is 3.68. The molecule has 2 heterocycles. The summed E-state index contributed by atoms with van der Waals surface area (Å²) >= 11 is 0. The molecule has 14 N–H and O–H groups in total. The molecule has 0 saturated carbocycles. The number of imide groups is 1. The number of amides is 3. The van der Waals surface area contributed by atoms with Crippen LogP contribution in [-0.2, 0) is 15.5 Å². The van der Waals surface area contributed by atoms with E-state index in [9.17, 15) is 60.3 Å². The number of hydrogen-bond donors (Lipinski definition) is 12. The van der Waals surface area contributed by atoms with Crippen molar-refractivity contribution in [1.29, 1.82) is 0 Å². The molecule has 2 atom stereocenters. The van der Waals surface area contributed by atoms with Crippen LogP contribution >= 0.6 is 0 Å². The number of fused-ring (bicyclic) bond motifs is 1. The molecule has 2 unspecified atom stereocenters. The number of benzene rings is 1. The number of nitrogens with zero attached hydrogens (tertiary/aromatic N) is 1. The van der Waals surface area contributed by atoms with Crippen molar-refractivity contribution in [2.45, 2.75) is 23.1 Å². The molecule has 1 saturated heterocycles. The highest BCUT2D eigenvalue weighted by Gasteiger charge is 2.78. The van der Waals surface area contributed by atoms with Gasteiger partial charge in [0.25, 0.3) is 35.1 Å². The Labute approximate surface area is 158 Å². The van der Waals surface area contributed by atoms with Crippen molar-refractivity contribution in [1.82, 2.24) is 10.2 Å². The van der Waals surface area contributed by atoms with Crippen molar-refractivity contribution in [3.63, 3.8) is 0 Å². The minimum Gasteiger partial charge on any atom is -0.504 e. The van der Waals surface area contributed by atoms with E-state index in [2.05, 4.69) is 0 Å². The van der Waals surface area contributed by atoms with Crippen molar-refractivity contribution < 1.29 is 60.3 Å². The smallest absolute Gasteiger partial charge is 0.294 e. The molecule has 16 heteroatoms. The molecule has 2 aliphatic rings. The summed E-state index contributed by atoms with van der Waals surface area (Å²) in [5, 5.41) is 91.6. The van der Waals surface area contributed by atoms with Gasteiger partial charge in [0.1, 0.15) is 0 Å². The van der Waals surface area contributed by atoms with Gasteiger partial charge < -0.3 is 51.7 Å².